The summed E-state index contributed by atoms with van der Waals surface area (Å²) in [6.45, 7) is 6.65. The summed E-state index contributed by atoms with van der Waals surface area (Å²) >= 11 is 0. The molecule has 0 aromatic heterocycles. The molecular weight excluding hydrogens is 76.1 g/mol. The first-order valence-electron chi connectivity index (χ1n) is 2.20. The third-order valence-corrected chi connectivity index (χ3v) is 1.07. The molecule has 1 rings (SSSR count). The smallest absolute Gasteiger partial charge is 0.0644 e. The Kier molecular flexibility index (Phi) is 0.845. The zero-order chi connectivity index (χ0) is 4.57. The second-order valence-corrected chi connectivity index (χ2v) is 1.78. The van der Waals surface area contributed by atoms with Gasteiger partial charge in [0.05, 0.1) is 6.10 Å². The average Bonchev–Trinajstić information content (AvgIpc) is 2.06. The van der Waals surface area contributed by atoms with E-state index in [0.29, 0.717) is 5.92 Å². The zero-order valence-electron chi connectivity index (χ0n) is 3.52. The highest BCUT2D eigenvalue weighted by molar-refractivity contribution is 4.81. The predicted octanol–water partition coefficient (Wildman–Crippen LogP) is 0.345. The van der Waals surface area contributed by atoms with Gasteiger partial charge < -0.3 is 5.11 Å². The summed E-state index contributed by atoms with van der Waals surface area (Å²) in [5.74, 6) is 0.324. The lowest BCUT2D eigenvalue weighted by molar-refractivity contribution is 0.197. The van der Waals surface area contributed by atoms with E-state index in [1.165, 1.54) is 0 Å². The Labute approximate surface area is 38.0 Å². The minimum absolute atomic E-state index is 0.324. The van der Waals surface area contributed by atoms with E-state index in [9.17, 15) is 0 Å². The Morgan fingerprint density at radius 2 is 2.17 bits per heavy atom. The van der Waals surface area contributed by atoms with Crippen LogP contribution < -0.4 is 0 Å². The SMILES string of the molecule is [C][C@@H](O)C1CC1. The summed E-state index contributed by atoms with van der Waals surface area (Å²) in [4.78, 5) is 0. The lowest BCUT2D eigenvalue weighted by atomic mass is 10.3. The first-order chi connectivity index (χ1) is 2.80. The normalized spacial score (nSPS) is 27.0. The highest BCUT2D eigenvalue weighted by atomic mass is 16.3. The molecule has 33 valence electrons. The van der Waals surface area contributed by atoms with Gasteiger partial charge in [-0.3, -0.25) is 0 Å². The first kappa shape index (κ1) is 4.13. The molecule has 1 nitrogen and oxygen atoms in total. The van der Waals surface area contributed by atoms with Gasteiger partial charge in [0, 0.05) is 6.92 Å². The van der Waals surface area contributed by atoms with Gasteiger partial charge in [-0.15, -0.1) is 0 Å². The predicted molar refractivity (Wildman–Crippen MR) is 22.0 cm³/mol. The van der Waals surface area contributed by atoms with Crippen LogP contribution in [0.1, 0.15) is 12.8 Å². The molecule has 1 atom stereocenters. The highest BCUT2D eigenvalue weighted by Gasteiger charge is 2.26. The van der Waals surface area contributed by atoms with Gasteiger partial charge in [-0.05, 0) is 18.8 Å². The van der Waals surface area contributed by atoms with E-state index >= 15 is 0 Å². The topological polar surface area (TPSA) is 20.2 Å². The summed E-state index contributed by atoms with van der Waals surface area (Å²) in [7, 11) is 0. The van der Waals surface area contributed by atoms with E-state index in [2.05, 4.69) is 0 Å². The van der Waals surface area contributed by atoms with Gasteiger partial charge in [0.25, 0.3) is 0 Å². The molecule has 0 unspecified atom stereocenters. The van der Waals surface area contributed by atoms with Crippen LogP contribution in [-0.4, -0.2) is 11.2 Å². The van der Waals surface area contributed by atoms with Crippen LogP contribution in [-0.2, 0) is 0 Å². The summed E-state index contributed by atoms with van der Waals surface area (Å²) < 4.78 is 0. The van der Waals surface area contributed by atoms with Crippen molar-refractivity contribution in [2.75, 3.05) is 0 Å². The molecular formula is C5H7O. The van der Waals surface area contributed by atoms with Gasteiger partial charge in [-0.2, -0.15) is 0 Å². The highest BCUT2D eigenvalue weighted by Crippen LogP contribution is 2.31. The number of aliphatic hydroxyl groups is 1. The zero-order valence-corrected chi connectivity index (χ0v) is 3.52. The maximum atomic E-state index is 8.36. The number of hydrogen-bond donors (Lipinski definition) is 1. The van der Waals surface area contributed by atoms with Gasteiger partial charge in [0.1, 0.15) is 0 Å². The van der Waals surface area contributed by atoms with E-state index in [-0.39, 0.29) is 0 Å². The molecule has 1 heteroatoms. The molecule has 3 radical (unpaired) electrons. The third kappa shape index (κ3) is 0.716. The molecule has 0 spiro atoms. The average molecular weight is 83.1 g/mol. The van der Waals surface area contributed by atoms with Crippen molar-refractivity contribution in [1.29, 1.82) is 0 Å². The minimum atomic E-state index is -0.787. The van der Waals surface area contributed by atoms with Gasteiger partial charge in [-0.25, -0.2) is 0 Å². The third-order valence-electron chi connectivity index (χ3n) is 1.07. The van der Waals surface area contributed by atoms with Crippen LogP contribution in [0.5, 0.6) is 0 Å². The van der Waals surface area contributed by atoms with E-state index < -0.39 is 6.10 Å². The molecule has 1 aliphatic carbocycles. The molecule has 0 aromatic carbocycles. The molecule has 0 bridgehead atoms. The van der Waals surface area contributed by atoms with E-state index in [1.807, 2.05) is 0 Å². The standard InChI is InChI=1S/C5H7O/c1-4(6)5-2-3-5/h4-6H,2-3H2/t4-/m1/s1. The molecule has 6 heavy (non-hydrogen) atoms. The van der Waals surface area contributed by atoms with Crippen molar-refractivity contribution in [3.8, 4) is 0 Å². The molecule has 0 saturated heterocycles. The quantitative estimate of drug-likeness (QED) is 0.485. The second kappa shape index (κ2) is 1.23. The Hall–Kier alpha value is -0.0400. The van der Waals surface area contributed by atoms with Crippen molar-refractivity contribution in [2.45, 2.75) is 18.9 Å². The number of hydrogen-bond acceptors (Lipinski definition) is 1. The van der Waals surface area contributed by atoms with Crippen LogP contribution in [0.4, 0.5) is 0 Å². The van der Waals surface area contributed by atoms with E-state index in [1.54, 1.807) is 0 Å². The molecule has 1 N–H and O–H groups in total. The Balaban J connectivity index is 2.13. The van der Waals surface area contributed by atoms with Crippen LogP contribution >= 0.6 is 0 Å². The summed E-state index contributed by atoms with van der Waals surface area (Å²) in [6.07, 6.45) is 1.33. The fraction of sp³-hybridized carbons (Fsp3) is 0.800. The molecule has 1 fully saturated rings. The summed E-state index contributed by atoms with van der Waals surface area (Å²) in [5, 5.41) is 8.36. The van der Waals surface area contributed by atoms with E-state index in [4.69, 9.17) is 12.0 Å². The molecule has 0 aliphatic heterocycles. The van der Waals surface area contributed by atoms with Crippen LogP contribution in [0.15, 0.2) is 0 Å². The van der Waals surface area contributed by atoms with Crippen molar-refractivity contribution in [1.82, 2.24) is 0 Å². The number of aliphatic hydroxyl groups excluding tert-OH is 1. The van der Waals surface area contributed by atoms with Crippen molar-refractivity contribution in [3.63, 3.8) is 0 Å². The fourth-order valence-corrected chi connectivity index (χ4v) is 0.412. The van der Waals surface area contributed by atoms with Crippen molar-refractivity contribution >= 4 is 0 Å². The maximum Gasteiger partial charge on any atom is 0.0644 e. The number of rotatable bonds is 1. The summed E-state index contributed by atoms with van der Waals surface area (Å²) in [5.41, 5.74) is 0. The lowest BCUT2D eigenvalue weighted by Gasteiger charge is -1.92. The molecule has 0 amide bonds. The van der Waals surface area contributed by atoms with Gasteiger partial charge in [0.2, 0.25) is 0 Å². The monoisotopic (exact) mass is 83.0 g/mol. The second-order valence-electron chi connectivity index (χ2n) is 1.78. The molecule has 1 saturated carbocycles. The van der Waals surface area contributed by atoms with Crippen molar-refractivity contribution in [2.24, 2.45) is 5.92 Å². The fourth-order valence-electron chi connectivity index (χ4n) is 0.412. The van der Waals surface area contributed by atoms with Crippen LogP contribution in [0, 0.1) is 12.8 Å². The Bertz CT molecular complexity index is 45.9. The largest absolute Gasteiger partial charge is 0.392 e. The Morgan fingerprint density at radius 3 is 2.17 bits per heavy atom. The summed E-state index contributed by atoms with van der Waals surface area (Å²) in [6, 6.07) is 0. The Morgan fingerprint density at radius 1 is 1.67 bits per heavy atom. The van der Waals surface area contributed by atoms with Crippen LogP contribution in [0.3, 0.4) is 0 Å². The lowest BCUT2D eigenvalue weighted by Crippen LogP contribution is -2.00. The van der Waals surface area contributed by atoms with E-state index in [0.717, 1.165) is 12.8 Å². The van der Waals surface area contributed by atoms with Crippen LogP contribution in [0.2, 0.25) is 0 Å². The van der Waals surface area contributed by atoms with Crippen molar-refractivity contribution < 1.29 is 5.11 Å². The van der Waals surface area contributed by atoms with Crippen molar-refractivity contribution in [3.05, 3.63) is 6.92 Å². The minimum Gasteiger partial charge on any atom is -0.392 e. The molecule has 1 aliphatic rings. The van der Waals surface area contributed by atoms with Gasteiger partial charge >= 0.3 is 0 Å². The first-order valence-corrected chi connectivity index (χ1v) is 2.20. The van der Waals surface area contributed by atoms with Gasteiger partial charge in [-0.1, -0.05) is 0 Å². The molecule has 0 aromatic rings. The molecule has 0 heterocycles. The van der Waals surface area contributed by atoms with Crippen LogP contribution in [0.25, 0.3) is 0 Å². The maximum absolute atomic E-state index is 8.36. The van der Waals surface area contributed by atoms with Gasteiger partial charge in [0.15, 0.2) is 0 Å².